The van der Waals surface area contributed by atoms with Crippen molar-refractivity contribution < 1.29 is 4.84 Å². The summed E-state index contributed by atoms with van der Waals surface area (Å²) in [7, 11) is 0. The van der Waals surface area contributed by atoms with Gasteiger partial charge in [0, 0.05) is 6.42 Å². The molecule has 0 aromatic carbocycles. The minimum Gasteiger partial charge on any atom is -0.392 e. The molecule has 0 unspecified atom stereocenters. The smallest absolute Gasteiger partial charge is 0.132 e. The first-order chi connectivity index (χ1) is 3.83. The van der Waals surface area contributed by atoms with Gasteiger partial charge in [-0.15, -0.1) is 0 Å². The first-order valence-corrected chi connectivity index (χ1v) is 3.02. The largest absolute Gasteiger partial charge is 0.392 e. The van der Waals surface area contributed by atoms with Crippen molar-refractivity contribution in [1.29, 1.82) is 0 Å². The Morgan fingerprint density at radius 3 is 2.88 bits per heavy atom. The molecule has 1 rings (SSSR count). The van der Waals surface area contributed by atoms with Gasteiger partial charge in [0.15, 0.2) is 0 Å². The van der Waals surface area contributed by atoms with E-state index in [0.29, 0.717) is 6.10 Å². The number of oxime groups is 1. The fraction of sp³-hybridized carbons (Fsp3) is 0.833. The highest BCUT2D eigenvalue weighted by molar-refractivity contribution is 5.82. The second-order valence-electron chi connectivity index (χ2n) is 2.17. The minimum atomic E-state index is 0.370. The Kier molecular flexibility index (Phi) is 1.51. The van der Waals surface area contributed by atoms with Gasteiger partial charge in [-0.25, -0.2) is 0 Å². The molecule has 0 saturated carbocycles. The van der Waals surface area contributed by atoms with Gasteiger partial charge in [0.1, 0.15) is 6.10 Å². The van der Waals surface area contributed by atoms with E-state index in [1.54, 1.807) is 0 Å². The normalized spacial score (nSPS) is 27.2. The van der Waals surface area contributed by atoms with E-state index in [2.05, 4.69) is 12.1 Å². The number of hydrogen-bond acceptors (Lipinski definition) is 2. The van der Waals surface area contributed by atoms with Crippen LogP contribution in [-0.4, -0.2) is 11.8 Å². The predicted octanol–water partition coefficient (Wildman–Crippen LogP) is 1.56. The van der Waals surface area contributed by atoms with Crippen molar-refractivity contribution in [3.05, 3.63) is 0 Å². The lowest BCUT2D eigenvalue weighted by Crippen LogP contribution is -2.03. The number of nitrogens with zero attached hydrogens (tertiary/aromatic N) is 1. The molecule has 0 fully saturated rings. The van der Waals surface area contributed by atoms with Gasteiger partial charge in [0.2, 0.25) is 0 Å². The minimum absolute atomic E-state index is 0.370. The summed E-state index contributed by atoms with van der Waals surface area (Å²) in [5.41, 5.74) is 1.12. The molecule has 0 N–H and O–H groups in total. The van der Waals surface area contributed by atoms with E-state index < -0.39 is 0 Å². The fourth-order valence-corrected chi connectivity index (χ4v) is 0.787. The van der Waals surface area contributed by atoms with Crippen LogP contribution >= 0.6 is 0 Å². The molecule has 1 atom stereocenters. The van der Waals surface area contributed by atoms with Crippen LogP contribution in [0.15, 0.2) is 5.16 Å². The first kappa shape index (κ1) is 5.60. The number of hydrogen-bond donors (Lipinski definition) is 0. The number of rotatable bonds is 1. The molecule has 1 aliphatic rings. The van der Waals surface area contributed by atoms with Gasteiger partial charge in [0.05, 0.1) is 5.71 Å². The van der Waals surface area contributed by atoms with Gasteiger partial charge in [-0.05, 0) is 13.3 Å². The van der Waals surface area contributed by atoms with Crippen LogP contribution in [0, 0.1) is 0 Å². The highest BCUT2D eigenvalue weighted by atomic mass is 16.6. The van der Waals surface area contributed by atoms with Crippen molar-refractivity contribution in [2.75, 3.05) is 0 Å². The molecule has 1 heterocycles. The molecular weight excluding hydrogens is 102 g/mol. The quantitative estimate of drug-likeness (QED) is 0.505. The van der Waals surface area contributed by atoms with Gasteiger partial charge in [0.25, 0.3) is 0 Å². The molecule has 2 heteroatoms. The van der Waals surface area contributed by atoms with Gasteiger partial charge < -0.3 is 4.84 Å². The molecule has 46 valence electrons. The lowest BCUT2D eigenvalue weighted by Gasteiger charge is -2.00. The van der Waals surface area contributed by atoms with E-state index in [-0.39, 0.29) is 0 Å². The zero-order chi connectivity index (χ0) is 5.98. The van der Waals surface area contributed by atoms with Crippen LogP contribution in [0.1, 0.15) is 26.7 Å². The van der Waals surface area contributed by atoms with Crippen molar-refractivity contribution >= 4 is 5.71 Å². The summed E-state index contributed by atoms with van der Waals surface area (Å²) in [5, 5.41) is 3.81. The van der Waals surface area contributed by atoms with Crippen molar-refractivity contribution in [2.24, 2.45) is 5.16 Å². The van der Waals surface area contributed by atoms with E-state index in [9.17, 15) is 0 Å². The second kappa shape index (κ2) is 2.16. The average molecular weight is 113 g/mol. The summed E-state index contributed by atoms with van der Waals surface area (Å²) in [6.45, 7) is 4.11. The van der Waals surface area contributed by atoms with E-state index in [1.165, 1.54) is 0 Å². The van der Waals surface area contributed by atoms with Crippen LogP contribution in [0.3, 0.4) is 0 Å². The fourth-order valence-electron chi connectivity index (χ4n) is 0.787. The van der Waals surface area contributed by atoms with Crippen molar-refractivity contribution in [2.45, 2.75) is 32.8 Å². The molecule has 8 heavy (non-hydrogen) atoms. The average Bonchev–Trinajstić information content (AvgIpc) is 2.14. The third-order valence-electron chi connectivity index (χ3n) is 1.34. The summed E-state index contributed by atoms with van der Waals surface area (Å²) in [6.07, 6.45) is 2.46. The maximum atomic E-state index is 5.00. The summed E-state index contributed by atoms with van der Waals surface area (Å²) >= 11 is 0. The Labute approximate surface area is 49.5 Å². The molecule has 0 saturated heterocycles. The van der Waals surface area contributed by atoms with Gasteiger partial charge in [-0.3, -0.25) is 0 Å². The summed E-state index contributed by atoms with van der Waals surface area (Å²) < 4.78 is 0. The zero-order valence-corrected chi connectivity index (χ0v) is 5.35. The molecule has 0 bridgehead atoms. The topological polar surface area (TPSA) is 21.6 Å². The van der Waals surface area contributed by atoms with Crippen LogP contribution in [0.2, 0.25) is 0 Å². The molecule has 0 radical (unpaired) electrons. The van der Waals surface area contributed by atoms with Crippen LogP contribution in [0.4, 0.5) is 0 Å². The molecule has 2 nitrogen and oxygen atoms in total. The Morgan fingerprint density at radius 2 is 2.62 bits per heavy atom. The predicted molar refractivity (Wildman–Crippen MR) is 32.9 cm³/mol. The summed E-state index contributed by atoms with van der Waals surface area (Å²) in [6, 6.07) is 0. The van der Waals surface area contributed by atoms with Crippen molar-refractivity contribution in [3.8, 4) is 0 Å². The van der Waals surface area contributed by atoms with Gasteiger partial charge in [-0.1, -0.05) is 12.1 Å². The Balaban J connectivity index is 2.32. The van der Waals surface area contributed by atoms with Gasteiger partial charge in [-0.2, -0.15) is 0 Å². The molecule has 0 aliphatic carbocycles. The van der Waals surface area contributed by atoms with Crippen molar-refractivity contribution in [1.82, 2.24) is 0 Å². The molecule has 0 spiro atoms. The van der Waals surface area contributed by atoms with Gasteiger partial charge >= 0.3 is 0 Å². The standard InChI is InChI=1S/C6H11NO/c1-3-6-4-5(2)7-8-6/h6H,3-4H2,1-2H3/t6-/m1/s1. The lowest BCUT2D eigenvalue weighted by molar-refractivity contribution is 0.0829. The maximum absolute atomic E-state index is 5.00. The Hall–Kier alpha value is -0.530. The van der Waals surface area contributed by atoms with E-state index in [0.717, 1.165) is 18.6 Å². The SMILES string of the molecule is CC[C@@H]1CC(C)=NO1. The Bertz CT molecular complexity index is 109. The summed E-state index contributed by atoms with van der Waals surface area (Å²) in [5.74, 6) is 0. The highest BCUT2D eigenvalue weighted by Gasteiger charge is 2.14. The lowest BCUT2D eigenvalue weighted by atomic mass is 10.2. The van der Waals surface area contributed by atoms with Crippen LogP contribution < -0.4 is 0 Å². The van der Waals surface area contributed by atoms with Crippen LogP contribution in [-0.2, 0) is 4.84 Å². The monoisotopic (exact) mass is 113 g/mol. The van der Waals surface area contributed by atoms with Crippen molar-refractivity contribution in [3.63, 3.8) is 0 Å². The maximum Gasteiger partial charge on any atom is 0.132 e. The van der Waals surface area contributed by atoms with E-state index in [4.69, 9.17) is 4.84 Å². The second-order valence-corrected chi connectivity index (χ2v) is 2.17. The molecule has 0 aromatic heterocycles. The Morgan fingerprint density at radius 1 is 1.88 bits per heavy atom. The van der Waals surface area contributed by atoms with Crippen LogP contribution in [0.5, 0.6) is 0 Å². The third kappa shape index (κ3) is 0.997. The first-order valence-electron chi connectivity index (χ1n) is 3.02. The molecule has 0 amide bonds. The van der Waals surface area contributed by atoms with Crippen LogP contribution in [0.25, 0.3) is 0 Å². The van der Waals surface area contributed by atoms with E-state index in [1.807, 2.05) is 6.92 Å². The highest BCUT2D eigenvalue weighted by Crippen LogP contribution is 2.11. The third-order valence-corrected chi connectivity index (χ3v) is 1.34. The zero-order valence-electron chi connectivity index (χ0n) is 5.35. The summed E-state index contributed by atoms with van der Waals surface area (Å²) in [4.78, 5) is 5.00. The molecule has 0 aromatic rings. The molecular formula is C6H11NO. The molecule has 1 aliphatic heterocycles. The van der Waals surface area contributed by atoms with E-state index >= 15 is 0 Å².